The number of nitrogens with zero attached hydrogens (tertiary/aromatic N) is 2. The molecule has 0 aliphatic carbocycles. The lowest BCUT2D eigenvalue weighted by molar-refractivity contribution is 0.0941. The van der Waals surface area contributed by atoms with Crippen LogP contribution in [0, 0.1) is 6.92 Å². The minimum Gasteiger partial charge on any atom is -0.349 e. The Morgan fingerprint density at radius 2 is 1.83 bits per heavy atom. The lowest BCUT2D eigenvalue weighted by Crippen LogP contribution is -2.26. The van der Waals surface area contributed by atoms with Crippen LogP contribution < -0.4 is 5.32 Å². The highest BCUT2D eigenvalue weighted by atomic mass is 16.5. The van der Waals surface area contributed by atoms with Gasteiger partial charge in [0.15, 0.2) is 0 Å². The Morgan fingerprint density at radius 1 is 1.09 bits per heavy atom. The molecule has 2 aromatic carbocycles. The summed E-state index contributed by atoms with van der Waals surface area (Å²) >= 11 is 0. The van der Waals surface area contributed by atoms with Crippen LogP contribution in [-0.4, -0.2) is 22.6 Å². The summed E-state index contributed by atoms with van der Waals surface area (Å²) in [5.41, 5.74) is 3.11. The summed E-state index contributed by atoms with van der Waals surface area (Å²) < 4.78 is 5.15. The number of hydrogen-bond donors (Lipinski definition) is 1. The maximum Gasteiger partial charge on any atom is 0.292 e. The van der Waals surface area contributed by atoms with Crippen LogP contribution in [0.1, 0.15) is 21.7 Å². The minimum atomic E-state index is -0.331. The van der Waals surface area contributed by atoms with Crippen molar-refractivity contribution in [2.24, 2.45) is 0 Å². The zero-order valence-electron chi connectivity index (χ0n) is 12.8. The largest absolute Gasteiger partial charge is 0.349 e. The standard InChI is InChI=1S/C18H17N3O2/c1-13-7-9-15(10-8-13)18-20-16(21-23-18)17(22)19-12-11-14-5-3-2-4-6-14/h2-10H,11-12H2,1H3,(H,19,22). The van der Waals surface area contributed by atoms with E-state index in [0.717, 1.165) is 17.5 Å². The molecule has 0 aliphatic heterocycles. The van der Waals surface area contributed by atoms with Gasteiger partial charge >= 0.3 is 0 Å². The predicted octanol–water partition coefficient (Wildman–Crippen LogP) is 3.02. The molecular formula is C18H17N3O2. The van der Waals surface area contributed by atoms with E-state index in [4.69, 9.17) is 4.52 Å². The number of amides is 1. The monoisotopic (exact) mass is 307 g/mol. The SMILES string of the molecule is Cc1ccc(-c2nc(C(=O)NCCc3ccccc3)no2)cc1. The summed E-state index contributed by atoms with van der Waals surface area (Å²) in [6.07, 6.45) is 0.759. The van der Waals surface area contributed by atoms with Crippen molar-refractivity contribution in [1.82, 2.24) is 15.5 Å². The average Bonchev–Trinajstić information content (AvgIpc) is 3.06. The van der Waals surface area contributed by atoms with Crippen LogP contribution in [-0.2, 0) is 6.42 Å². The highest BCUT2D eigenvalue weighted by Crippen LogP contribution is 2.17. The molecule has 116 valence electrons. The zero-order chi connectivity index (χ0) is 16.1. The summed E-state index contributed by atoms with van der Waals surface area (Å²) in [4.78, 5) is 16.2. The second-order valence-corrected chi connectivity index (χ2v) is 5.28. The predicted molar refractivity (Wildman–Crippen MR) is 87.0 cm³/mol. The normalized spacial score (nSPS) is 10.5. The van der Waals surface area contributed by atoms with Gasteiger partial charge in [-0.25, -0.2) is 0 Å². The second kappa shape index (κ2) is 6.87. The van der Waals surface area contributed by atoms with Crippen LogP contribution in [0.15, 0.2) is 59.1 Å². The first-order valence-electron chi connectivity index (χ1n) is 7.45. The summed E-state index contributed by atoms with van der Waals surface area (Å²) in [5, 5.41) is 6.54. The van der Waals surface area contributed by atoms with Crippen molar-refractivity contribution in [3.63, 3.8) is 0 Å². The number of hydrogen-bond acceptors (Lipinski definition) is 4. The third-order valence-corrected chi connectivity index (χ3v) is 3.47. The molecule has 0 saturated carbocycles. The van der Waals surface area contributed by atoms with E-state index in [2.05, 4.69) is 15.5 Å². The molecule has 5 nitrogen and oxygen atoms in total. The van der Waals surface area contributed by atoms with Gasteiger partial charge in [0.1, 0.15) is 0 Å². The third kappa shape index (κ3) is 3.83. The summed E-state index contributed by atoms with van der Waals surface area (Å²) in [6.45, 7) is 2.53. The van der Waals surface area contributed by atoms with E-state index in [1.807, 2.05) is 61.5 Å². The highest BCUT2D eigenvalue weighted by Gasteiger charge is 2.15. The first-order valence-corrected chi connectivity index (χ1v) is 7.45. The highest BCUT2D eigenvalue weighted by molar-refractivity contribution is 5.90. The molecule has 3 rings (SSSR count). The maximum absolute atomic E-state index is 12.0. The van der Waals surface area contributed by atoms with E-state index < -0.39 is 0 Å². The molecule has 0 saturated heterocycles. The summed E-state index contributed by atoms with van der Waals surface area (Å²) in [6, 6.07) is 17.7. The Hall–Kier alpha value is -2.95. The molecule has 0 unspecified atom stereocenters. The molecule has 1 aromatic heterocycles. The van der Waals surface area contributed by atoms with Gasteiger partial charge in [-0.1, -0.05) is 53.2 Å². The zero-order valence-corrected chi connectivity index (χ0v) is 12.8. The van der Waals surface area contributed by atoms with Gasteiger partial charge in [-0.3, -0.25) is 4.79 Å². The van der Waals surface area contributed by atoms with E-state index in [1.165, 1.54) is 5.56 Å². The number of nitrogens with one attached hydrogen (secondary N) is 1. The lowest BCUT2D eigenvalue weighted by atomic mass is 10.1. The molecule has 1 N–H and O–H groups in total. The van der Waals surface area contributed by atoms with Crippen molar-refractivity contribution in [3.8, 4) is 11.5 Å². The minimum absolute atomic E-state index is 0.0497. The smallest absolute Gasteiger partial charge is 0.292 e. The van der Waals surface area contributed by atoms with Crippen molar-refractivity contribution in [3.05, 3.63) is 71.5 Å². The molecular weight excluding hydrogens is 290 g/mol. The van der Waals surface area contributed by atoms with Crippen LogP contribution in [0.2, 0.25) is 0 Å². The molecule has 5 heteroatoms. The first kappa shape index (κ1) is 15.0. The molecule has 0 atom stereocenters. The number of benzene rings is 2. The Morgan fingerprint density at radius 3 is 2.57 bits per heavy atom. The Labute approximate surface area is 134 Å². The van der Waals surface area contributed by atoms with Crippen LogP contribution in [0.3, 0.4) is 0 Å². The van der Waals surface area contributed by atoms with Gasteiger partial charge in [0.2, 0.25) is 0 Å². The van der Waals surface area contributed by atoms with Crippen LogP contribution in [0.5, 0.6) is 0 Å². The van der Waals surface area contributed by atoms with E-state index in [1.54, 1.807) is 0 Å². The van der Waals surface area contributed by atoms with Crippen molar-refractivity contribution in [2.45, 2.75) is 13.3 Å². The van der Waals surface area contributed by atoms with E-state index in [0.29, 0.717) is 12.4 Å². The maximum atomic E-state index is 12.0. The van der Waals surface area contributed by atoms with Crippen molar-refractivity contribution >= 4 is 5.91 Å². The molecule has 1 heterocycles. The molecule has 1 amide bonds. The van der Waals surface area contributed by atoms with Crippen LogP contribution >= 0.6 is 0 Å². The lowest BCUT2D eigenvalue weighted by Gasteiger charge is -2.02. The molecule has 0 fully saturated rings. The topological polar surface area (TPSA) is 68.0 Å². The van der Waals surface area contributed by atoms with Crippen molar-refractivity contribution in [2.75, 3.05) is 6.54 Å². The van der Waals surface area contributed by atoms with E-state index in [-0.39, 0.29) is 11.7 Å². The van der Waals surface area contributed by atoms with Gasteiger partial charge in [-0.15, -0.1) is 0 Å². The Balaban J connectivity index is 1.59. The molecule has 0 bridgehead atoms. The molecule has 0 radical (unpaired) electrons. The molecule has 0 spiro atoms. The Bertz CT molecular complexity index is 780. The molecule has 0 aliphatic rings. The van der Waals surface area contributed by atoms with Crippen molar-refractivity contribution in [1.29, 1.82) is 0 Å². The number of aromatic nitrogens is 2. The summed E-state index contributed by atoms with van der Waals surface area (Å²) in [5.74, 6) is 0.0647. The number of aryl methyl sites for hydroxylation is 1. The Kier molecular flexibility index (Phi) is 4.47. The third-order valence-electron chi connectivity index (χ3n) is 3.47. The fourth-order valence-corrected chi connectivity index (χ4v) is 2.17. The van der Waals surface area contributed by atoms with E-state index in [9.17, 15) is 4.79 Å². The first-order chi connectivity index (χ1) is 11.2. The number of carbonyl (C=O) groups is 1. The number of rotatable bonds is 5. The van der Waals surface area contributed by atoms with Crippen LogP contribution in [0.25, 0.3) is 11.5 Å². The average molecular weight is 307 g/mol. The fraction of sp³-hybridized carbons (Fsp3) is 0.167. The summed E-state index contributed by atoms with van der Waals surface area (Å²) in [7, 11) is 0. The van der Waals surface area contributed by atoms with Crippen LogP contribution in [0.4, 0.5) is 0 Å². The quantitative estimate of drug-likeness (QED) is 0.786. The van der Waals surface area contributed by atoms with Gasteiger partial charge in [-0.2, -0.15) is 4.98 Å². The molecule has 23 heavy (non-hydrogen) atoms. The van der Waals surface area contributed by atoms with Gasteiger partial charge in [-0.05, 0) is 31.0 Å². The number of carbonyl (C=O) groups excluding carboxylic acids is 1. The second-order valence-electron chi connectivity index (χ2n) is 5.28. The molecule has 3 aromatic rings. The van der Waals surface area contributed by atoms with Gasteiger partial charge in [0.05, 0.1) is 0 Å². The van der Waals surface area contributed by atoms with Gasteiger partial charge < -0.3 is 9.84 Å². The fourth-order valence-electron chi connectivity index (χ4n) is 2.17. The van der Waals surface area contributed by atoms with Gasteiger partial charge in [0, 0.05) is 12.1 Å². The van der Waals surface area contributed by atoms with Gasteiger partial charge in [0.25, 0.3) is 17.6 Å². The van der Waals surface area contributed by atoms with E-state index >= 15 is 0 Å². The van der Waals surface area contributed by atoms with Crippen molar-refractivity contribution < 1.29 is 9.32 Å².